The molecule has 0 aliphatic heterocycles. The van der Waals surface area contributed by atoms with Gasteiger partial charge in [0.1, 0.15) is 23.0 Å². The number of ether oxygens (including phenoxy) is 1. The van der Waals surface area contributed by atoms with E-state index in [0.717, 1.165) is 11.4 Å². The molecule has 19 heavy (non-hydrogen) atoms. The monoisotopic (exact) mass is 256 g/mol. The summed E-state index contributed by atoms with van der Waals surface area (Å²) in [4.78, 5) is 6.05. The van der Waals surface area contributed by atoms with E-state index < -0.39 is 0 Å². The fourth-order valence-corrected chi connectivity index (χ4v) is 1.56. The molecule has 1 heterocycles. The van der Waals surface area contributed by atoms with Crippen LogP contribution in [0.2, 0.25) is 0 Å². The van der Waals surface area contributed by atoms with Crippen molar-refractivity contribution in [3.05, 3.63) is 48.3 Å². The lowest BCUT2D eigenvalue weighted by molar-refractivity contribution is 0.480. The molecule has 0 spiro atoms. The van der Waals surface area contributed by atoms with Gasteiger partial charge in [-0.25, -0.2) is 4.98 Å². The van der Waals surface area contributed by atoms with Gasteiger partial charge >= 0.3 is 0 Å². The third-order valence-corrected chi connectivity index (χ3v) is 2.58. The Morgan fingerprint density at radius 3 is 2.58 bits per heavy atom. The van der Waals surface area contributed by atoms with E-state index in [2.05, 4.69) is 4.98 Å². The lowest BCUT2D eigenvalue weighted by Gasteiger charge is -2.13. The molecule has 1 aromatic carbocycles. The number of nitrogens with zero attached hydrogens (tertiary/aromatic N) is 2. The second-order valence-corrected chi connectivity index (χ2v) is 4.29. The van der Waals surface area contributed by atoms with E-state index in [1.165, 1.54) is 0 Å². The number of pyridine rings is 1. The highest BCUT2D eigenvalue weighted by atomic mass is 16.5. The van der Waals surface area contributed by atoms with Gasteiger partial charge in [-0.1, -0.05) is 6.07 Å². The molecule has 0 saturated heterocycles. The summed E-state index contributed by atoms with van der Waals surface area (Å²) in [5.74, 6) is 1.30. The Labute approximate surface area is 112 Å². The van der Waals surface area contributed by atoms with Gasteiger partial charge < -0.3 is 15.4 Å². The van der Waals surface area contributed by atoms with Crippen LogP contribution >= 0.6 is 0 Å². The first kappa shape index (κ1) is 12.9. The molecule has 0 unspecified atom stereocenters. The maximum absolute atomic E-state index is 7.27. The summed E-state index contributed by atoms with van der Waals surface area (Å²) in [7, 11) is 3.95. The van der Waals surface area contributed by atoms with E-state index in [9.17, 15) is 0 Å². The second-order valence-electron chi connectivity index (χ2n) is 4.29. The third kappa shape index (κ3) is 3.22. The van der Waals surface area contributed by atoms with Crippen molar-refractivity contribution in [1.29, 1.82) is 5.41 Å². The molecule has 0 bridgehead atoms. The van der Waals surface area contributed by atoms with E-state index >= 15 is 0 Å². The zero-order valence-electron chi connectivity index (χ0n) is 10.9. The Morgan fingerprint density at radius 1 is 1.21 bits per heavy atom. The fraction of sp³-hybridized carbons (Fsp3) is 0.143. The summed E-state index contributed by atoms with van der Waals surface area (Å²) in [5.41, 5.74) is 6.84. The Hall–Kier alpha value is -2.56. The van der Waals surface area contributed by atoms with Gasteiger partial charge in [0.15, 0.2) is 0 Å². The second kappa shape index (κ2) is 5.39. The van der Waals surface area contributed by atoms with Crippen LogP contribution in [0, 0.1) is 5.41 Å². The van der Waals surface area contributed by atoms with Crippen molar-refractivity contribution in [3.8, 4) is 11.5 Å². The van der Waals surface area contributed by atoms with Crippen LogP contribution in [-0.2, 0) is 0 Å². The maximum atomic E-state index is 7.27. The average Bonchev–Trinajstić information content (AvgIpc) is 2.39. The molecule has 0 aliphatic rings. The van der Waals surface area contributed by atoms with Crippen molar-refractivity contribution in [1.82, 2.24) is 4.98 Å². The highest BCUT2D eigenvalue weighted by Gasteiger charge is 2.02. The van der Waals surface area contributed by atoms with Crippen LogP contribution < -0.4 is 15.4 Å². The van der Waals surface area contributed by atoms with Crippen LogP contribution in [0.25, 0.3) is 0 Å². The smallest absolute Gasteiger partial charge is 0.145 e. The van der Waals surface area contributed by atoms with Gasteiger partial charge in [-0.3, -0.25) is 5.41 Å². The van der Waals surface area contributed by atoms with Crippen molar-refractivity contribution >= 4 is 11.5 Å². The van der Waals surface area contributed by atoms with Crippen molar-refractivity contribution in [3.63, 3.8) is 0 Å². The number of anilines is 1. The zero-order valence-corrected chi connectivity index (χ0v) is 10.9. The molecule has 0 amide bonds. The zero-order chi connectivity index (χ0) is 13.8. The van der Waals surface area contributed by atoms with E-state index in [4.69, 9.17) is 15.9 Å². The molecule has 3 N–H and O–H groups in total. The molecule has 0 saturated carbocycles. The topological polar surface area (TPSA) is 75.2 Å². The number of amidine groups is 1. The number of nitrogens with one attached hydrogen (secondary N) is 1. The Kier molecular flexibility index (Phi) is 3.66. The van der Waals surface area contributed by atoms with Gasteiger partial charge in [0, 0.05) is 25.8 Å². The summed E-state index contributed by atoms with van der Waals surface area (Å²) < 4.78 is 5.70. The van der Waals surface area contributed by atoms with Gasteiger partial charge in [-0.2, -0.15) is 0 Å². The molecule has 5 nitrogen and oxygen atoms in total. The van der Waals surface area contributed by atoms with E-state index in [-0.39, 0.29) is 5.84 Å². The highest BCUT2D eigenvalue weighted by molar-refractivity contribution is 5.92. The summed E-state index contributed by atoms with van der Waals surface area (Å²) in [6, 6.07) is 11.2. The Morgan fingerprint density at radius 2 is 2.00 bits per heavy atom. The summed E-state index contributed by atoms with van der Waals surface area (Å²) in [6.45, 7) is 0. The molecule has 2 aromatic rings. The molecule has 0 fully saturated rings. The number of aromatic nitrogens is 1. The quantitative estimate of drug-likeness (QED) is 0.649. The molecular weight excluding hydrogens is 240 g/mol. The van der Waals surface area contributed by atoms with Crippen molar-refractivity contribution < 1.29 is 4.74 Å². The molecule has 1 aromatic heterocycles. The fourth-order valence-electron chi connectivity index (χ4n) is 1.56. The minimum absolute atomic E-state index is 0.0545. The van der Waals surface area contributed by atoms with Crippen LogP contribution in [0.5, 0.6) is 11.5 Å². The lowest BCUT2D eigenvalue weighted by atomic mass is 10.3. The van der Waals surface area contributed by atoms with E-state index in [1.54, 1.807) is 18.3 Å². The standard InChI is InChI=1S/C14H16N4O/c1-18(2)10-4-3-5-11(8-10)19-12-6-7-13(14(15)16)17-9-12/h3-9H,1-2H3,(H3,15,16). The first-order valence-electron chi connectivity index (χ1n) is 5.82. The Bertz CT molecular complexity index is 578. The predicted molar refractivity (Wildman–Crippen MR) is 76.1 cm³/mol. The number of nitrogens with two attached hydrogens (primary N) is 1. The first-order chi connectivity index (χ1) is 9.06. The summed E-state index contributed by atoms with van der Waals surface area (Å²) in [5, 5.41) is 7.27. The minimum atomic E-state index is -0.0545. The maximum Gasteiger partial charge on any atom is 0.145 e. The number of nitrogen functional groups attached to an aromatic ring is 1. The molecule has 0 radical (unpaired) electrons. The number of hydrogen-bond donors (Lipinski definition) is 2. The van der Waals surface area contributed by atoms with E-state index in [0.29, 0.717) is 11.4 Å². The summed E-state index contributed by atoms with van der Waals surface area (Å²) in [6.07, 6.45) is 1.55. The number of benzene rings is 1. The minimum Gasteiger partial charge on any atom is -0.456 e. The molecular formula is C14H16N4O. The SMILES string of the molecule is CN(C)c1cccc(Oc2ccc(C(=N)N)nc2)c1. The van der Waals surface area contributed by atoms with Gasteiger partial charge in [0.05, 0.1) is 6.20 Å². The van der Waals surface area contributed by atoms with E-state index in [1.807, 2.05) is 43.3 Å². The predicted octanol–water partition coefficient (Wildman–Crippen LogP) is 2.22. The Balaban J connectivity index is 2.16. The molecule has 98 valence electrons. The third-order valence-electron chi connectivity index (χ3n) is 2.58. The lowest BCUT2D eigenvalue weighted by Crippen LogP contribution is -2.12. The van der Waals surface area contributed by atoms with Crippen LogP contribution in [0.3, 0.4) is 0 Å². The van der Waals surface area contributed by atoms with Crippen LogP contribution in [-0.4, -0.2) is 24.9 Å². The van der Waals surface area contributed by atoms with Crippen molar-refractivity contribution in [2.24, 2.45) is 5.73 Å². The van der Waals surface area contributed by atoms with Crippen LogP contribution in [0.4, 0.5) is 5.69 Å². The largest absolute Gasteiger partial charge is 0.456 e. The van der Waals surface area contributed by atoms with Crippen molar-refractivity contribution in [2.75, 3.05) is 19.0 Å². The summed E-state index contributed by atoms with van der Waals surface area (Å²) >= 11 is 0. The van der Waals surface area contributed by atoms with Crippen LogP contribution in [0.1, 0.15) is 5.69 Å². The van der Waals surface area contributed by atoms with Gasteiger partial charge in [0.25, 0.3) is 0 Å². The highest BCUT2D eigenvalue weighted by Crippen LogP contribution is 2.24. The molecule has 0 atom stereocenters. The molecule has 2 rings (SSSR count). The number of rotatable bonds is 4. The normalized spacial score (nSPS) is 10.0. The molecule has 0 aliphatic carbocycles. The van der Waals surface area contributed by atoms with Crippen molar-refractivity contribution in [2.45, 2.75) is 0 Å². The van der Waals surface area contributed by atoms with Gasteiger partial charge in [-0.05, 0) is 24.3 Å². The van der Waals surface area contributed by atoms with Crippen LogP contribution in [0.15, 0.2) is 42.6 Å². The first-order valence-corrected chi connectivity index (χ1v) is 5.82. The average molecular weight is 256 g/mol. The van der Waals surface area contributed by atoms with Gasteiger partial charge in [0.2, 0.25) is 0 Å². The number of hydrogen-bond acceptors (Lipinski definition) is 4. The van der Waals surface area contributed by atoms with Gasteiger partial charge in [-0.15, -0.1) is 0 Å². The molecule has 5 heteroatoms.